The second-order valence-electron chi connectivity index (χ2n) is 2.68. The molecule has 0 aliphatic carbocycles. The fourth-order valence-corrected chi connectivity index (χ4v) is 1.11. The third-order valence-electron chi connectivity index (χ3n) is 1.70. The Morgan fingerprint density at radius 2 is 2.00 bits per heavy atom. The average Bonchev–Trinajstić information content (AvgIpc) is 2.72. The predicted octanol–water partition coefficient (Wildman–Crippen LogP) is 0.992. The van der Waals surface area contributed by atoms with Gasteiger partial charge >= 0.3 is 6.15 Å². The van der Waals surface area contributed by atoms with Gasteiger partial charge in [-0.2, -0.15) is 14.7 Å². The van der Waals surface area contributed by atoms with Crippen LogP contribution in [0.3, 0.4) is 0 Å². The zero-order valence-corrected chi connectivity index (χ0v) is 8.12. The monoisotopic (exact) mass is 203 g/mol. The van der Waals surface area contributed by atoms with Gasteiger partial charge in [0.25, 0.3) is 0 Å². The van der Waals surface area contributed by atoms with Gasteiger partial charge in [-0.1, -0.05) is 6.07 Å². The van der Waals surface area contributed by atoms with Crippen LogP contribution >= 0.6 is 0 Å². The Kier molecular flexibility index (Phi) is 3.94. The SMILES string of the molecule is Cc1cccnc1-n1cccn1.O=C=O. The van der Waals surface area contributed by atoms with Crippen LogP contribution in [0.1, 0.15) is 5.56 Å². The number of pyridine rings is 1. The Morgan fingerprint density at radius 3 is 2.53 bits per heavy atom. The van der Waals surface area contributed by atoms with Crippen molar-refractivity contribution in [2.45, 2.75) is 6.92 Å². The summed E-state index contributed by atoms with van der Waals surface area (Å²) < 4.78 is 1.76. The molecule has 0 saturated carbocycles. The van der Waals surface area contributed by atoms with Crippen LogP contribution in [0.2, 0.25) is 0 Å². The molecule has 0 atom stereocenters. The standard InChI is InChI=1S/C9H9N3.CO2/c1-8-4-2-5-10-9(8)12-7-3-6-11-12;2-1-3/h2-7H,1H3;. The minimum Gasteiger partial charge on any atom is -0.237 e. The lowest BCUT2D eigenvalue weighted by Crippen LogP contribution is -1.99. The quantitative estimate of drug-likeness (QED) is 0.693. The number of aryl methyl sites for hydroxylation is 1. The summed E-state index contributed by atoms with van der Waals surface area (Å²) in [4.78, 5) is 20.5. The van der Waals surface area contributed by atoms with Crippen molar-refractivity contribution in [3.05, 3.63) is 42.4 Å². The summed E-state index contributed by atoms with van der Waals surface area (Å²) in [6, 6.07) is 5.82. The lowest BCUT2D eigenvalue weighted by molar-refractivity contribution is -0.191. The molecule has 2 rings (SSSR count). The van der Waals surface area contributed by atoms with E-state index in [-0.39, 0.29) is 6.15 Å². The number of hydrogen-bond donors (Lipinski definition) is 0. The number of nitrogens with zero attached hydrogens (tertiary/aromatic N) is 3. The number of hydrogen-bond acceptors (Lipinski definition) is 4. The highest BCUT2D eigenvalue weighted by Gasteiger charge is 1.99. The first kappa shape index (κ1) is 10.8. The van der Waals surface area contributed by atoms with E-state index in [0.717, 1.165) is 11.4 Å². The van der Waals surface area contributed by atoms with Crippen LogP contribution in [-0.2, 0) is 9.59 Å². The van der Waals surface area contributed by atoms with Gasteiger partial charge in [0.15, 0.2) is 5.82 Å². The zero-order chi connectivity index (χ0) is 11.1. The van der Waals surface area contributed by atoms with Gasteiger partial charge < -0.3 is 0 Å². The highest BCUT2D eigenvalue weighted by atomic mass is 16.2. The van der Waals surface area contributed by atoms with Crippen molar-refractivity contribution >= 4 is 6.15 Å². The molecule has 5 nitrogen and oxygen atoms in total. The molecular formula is C10H9N3O2. The molecule has 2 aromatic rings. The number of rotatable bonds is 1. The van der Waals surface area contributed by atoms with E-state index in [0.29, 0.717) is 0 Å². The molecule has 0 aliphatic rings. The molecule has 0 spiro atoms. The Bertz CT molecular complexity index is 445. The molecule has 0 fully saturated rings. The lowest BCUT2D eigenvalue weighted by Gasteiger charge is -2.02. The van der Waals surface area contributed by atoms with Crippen LogP contribution < -0.4 is 0 Å². The van der Waals surface area contributed by atoms with Crippen molar-refractivity contribution in [2.75, 3.05) is 0 Å². The van der Waals surface area contributed by atoms with Gasteiger partial charge in [0.2, 0.25) is 0 Å². The van der Waals surface area contributed by atoms with Crippen LogP contribution in [0.15, 0.2) is 36.8 Å². The molecule has 2 heterocycles. The summed E-state index contributed by atoms with van der Waals surface area (Å²) in [5.41, 5.74) is 1.13. The minimum absolute atomic E-state index is 0.250. The molecule has 0 saturated heterocycles. The molecule has 0 bridgehead atoms. The summed E-state index contributed by atoms with van der Waals surface area (Å²) in [6.45, 7) is 2.02. The Morgan fingerprint density at radius 1 is 1.27 bits per heavy atom. The van der Waals surface area contributed by atoms with Crippen molar-refractivity contribution in [2.24, 2.45) is 0 Å². The topological polar surface area (TPSA) is 64.8 Å². The molecule has 15 heavy (non-hydrogen) atoms. The first-order valence-corrected chi connectivity index (χ1v) is 4.20. The lowest BCUT2D eigenvalue weighted by atomic mass is 10.3. The summed E-state index contributed by atoms with van der Waals surface area (Å²) in [5.74, 6) is 0.891. The van der Waals surface area contributed by atoms with Crippen LogP contribution in [0.25, 0.3) is 5.82 Å². The van der Waals surface area contributed by atoms with Gasteiger partial charge in [0.1, 0.15) is 0 Å². The fourth-order valence-electron chi connectivity index (χ4n) is 1.11. The van der Waals surface area contributed by atoms with Crippen molar-refractivity contribution < 1.29 is 9.59 Å². The van der Waals surface area contributed by atoms with Gasteiger partial charge in [-0.25, -0.2) is 9.67 Å². The number of aromatic nitrogens is 3. The fraction of sp³-hybridized carbons (Fsp3) is 0.100. The van der Waals surface area contributed by atoms with Gasteiger partial charge in [-0.15, -0.1) is 0 Å². The van der Waals surface area contributed by atoms with Crippen molar-refractivity contribution in [3.63, 3.8) is 0 Å². The molecule has 0 N–H and O–H groups in total. The summed E-state index contributed by atoms with van der Waals surface area (Å²) >= 11 is 0. The molecule has 0 unspecified atom stereocenters. The number of carbonyl (C=O) groups excluding carboxylic acids is 2. The van der Waals surface area contributed by atoms with Gasteiger partial charge in [-0.3, -0.25) is 0 Å². The zero-order valence-electron chi connectivity index (χ0n) is 8.12. The normalized spacial score (nSPS) is 8.60. The molecule has 0 aliphatic heterocycles. The van der Waals surface area contributed by atoms with E-state index in [1.165, 1.54) is 0 Å². The molecule has 0 aromatic carbocycles. The van der Waals surface area contributed by atoms with Crippen LogP contribution in [0.5, 0.6) is 0 Å². The van der Waals surface area contributed by atoms with E-state index in [1.807, 2.05) is 31.3 Å². The van der Waals surface area contributed by atoms with E-state index in [2.05, 4.69) is 10.1 Å². The Hall–Kier alpha value is -2.26. The maximum absolute atomic E-state index is 8.12. The Labute approximate surface area is 86.4 Å². The summed E-state index contributed by atoms with van der Waals surface area (Å²) in [6.07, 6.45) is 5.65. The largest absolute Gasteiger partial charge is 0.373 e. The van der Waals surface area contributed by atoms with E-state index in [4.69, 9.17) is 9.59 Å². The van der Waals surface area contributed by atoms with E-state index < -0.39 is 0 Å². The van der Waals surface area contributed by atoms with Crippen molar-refractivity contribution in [3.8, 4) is 5.82 Å². The second-order valence-corrected chi connectivity index (χ2v) is 2.68. The first-order valence-electron chi connectivity index (χ1n) is 4.20. The van der Waals surface area contributed by atoms with Crippen molar-refractivity contribution in [1.29, 1.82) is 0 Å². The molecule has 0 amide bonds. The van der Waals surface area contributed by atoms with E-state index in [1.54, 1.807) is 17.1 Å². The molecule has 5 heteroatoms. The third kappa shape index (κ3) is 2.86. The van der Waals surface area contributed by atoms with Gasteiger partial charge in [-0.05, 0) is 24.6 Å². The second kappa shape index (κ2) is 5.47. The van der Waals surface area contributed by atoms with Crippen LogP contribution in [-0.4, -0.2) is 20.9 Å². The van der Waals surface area contributed by atoms with E-state index >= 15 is 0 Å². The van der Waals surface area contributed by atoms with Crippen molar-refractivity contribution in [1.82, 2.24) is 14.8 Å². The molecule has 2 aromatic heterocycles. The highest BCUT2D eigenvalue weighted by Crippen LogP contribution is 2.07. The third-order valence-corrected chi connectivity index (χ3v) is 1.70. The van der Waals surface area contributed by atoms with Gasteiger partial charge in [0, 0.05) is 18.6 Å². The maximum atomic E-state index is 8.12. The molecular weight excluding hydrogens is 194 g/mol. The van der Waals surface area contributed by atoms with E-state index in [9.17, 15) is 0 Å². The predicted molar refractivity (Wildman–Crippen MR) is 51.1 cm³/mol. The average molecular weight is 203 g/mol. The van der Waals surface area contributed by atoms with Crippen LogP contribution in [0, 0.1) is 6.92 Å². The minimum atomic E-state index is 0.250. The smallest absolute Gasteiger partial charge is 0.237 e. The van der Waals surface area contributed by atoms with Crippen LogP contribution in [0.4, 0.5) is 0 Å². The molecule has 0 radical (unpaired) electrons. The first-order chi connectivity index (χ1) is 7.29. The Balaban J connectivity index is 0.000000337. The molecule has 76 valence electrons. The summed E-state index contributed by atoms with van der Waals surface area (Å²) in [5, 5.41) is 4.10. The maximum Gasteiger partial charge on any atom is 0.373 e. The summed E-state index contributed by atoms with van der Waals surface area (Å²) in [7, 11) is 0. The highest BCUT2D eigenvalue weighted by molar-refractivity contribution is 5.30. The van der Waals surface area contributed by atoms with Gasteiger partial charge in [0.05, 0.1) is 0 Å².